The van der Waals surface area contributed by atoms with Crippen molar-refractivity contribution in [1.82, 2.24) is 5.32 Å². The number of aliphatic hydroxyl groups excluding tert-OH is 5. The second-order valence-electron chi connectivity index (χ2n) is 24.2. The van der Waals surface area contributed by atoms with Crippen molar-refractivity contribution in [3.8, 4) is 0 Å². The Balaban J connectivity index is 0.840. The Labute approximate surface area is 377 Å². The van der Waals surface area contributed by atoms with E-state index in [0.717, 1.165) is 70.6 Å². The standard InChI is InChI=1S/C50H83NO11S/c1-27(7-13-43(57)51-19-20-63(59,60)61)33-9-11-36-46-38(26-42(56)49(33,36)5)48(4)18-16-32(22-30(48)24-40(46)54)62-44(58)14-8-28(2)34-10-12-35-45-37(25-41(55)50(34,35)6)47(3)17-15-31(52)21-29(47)23-39(45)53/h27-42,45-46,52-56H,7-26H2,1-6H3,(H,51,57)(H,59,60,61)/t27-,28-,29+,30+,31-,32-,33?,34?,35+,36+,37+,38+,39-,40+,41+,42+,45+,46+,47+,48+,49-,50-/m1/s1. The average molecular weight is 906 g/mol. The van der Waals surface area contributed by atoms with E-state index >= 15 is 0 Å². The molecule has 22 atom stereocenters. The van der Waals surface area contributed by atoms with Crippen molar-refractivity contribution in [2.24, 2.45) is 92.7 Å². The third kappa shape index (κ3) is 8.39. The number of nitrogens with one attached hydrogen (secondary N) is 1. The summed E-state index contributed by atoms with van der Waals surface area (Å²) in [5.41, 5.74) is -0.738. The van der Waals surface area contributed by atoms with E-state index in [-0.39, 0.29) is 124 Å². The van der Waals surface area contributed by atoms with Gasteiger partial charge >= 0.3 is 5.97 Å². The van der Waals surface area contributed by atoms with E-state index < -0.39 is 40.3 Å². The van der Waals surface area contributed by atoms with E-state index in [2.05, 4.69) is 46.9 Å². The maximum atomic E-state index is 13.6. The molecule has 8 rings (SSSR count). The van der Waals surface area contributed by atoms with Crippen LogP contribution in [0.25, 0.3) is 0 Å². The lowest BCUT2D eigenvalue weighted by Gasteiger charge is -2.63. The van der Waals surface area contributed by atoms with Gasteiger partial charge in [-0.15, -0.1) is 0 Å². The van der Waals surface area contributed by atoms with Crippen molar-refractivity contribution in [2.45, 2.75) is 194 Å². The third-order valence-electron chi connectivity index (χ3n) is 21.6. The Morgan fingerprint density at radius 1 is 0.651 bits per heavy atom. The minimum absolute atomic E-state index is 0.0375. The number of fused-ring (bicyclic) bond motifs is 10. The summed E-state index contributed by atoms with van der Waals surface area (Å²) >= 11 is 0. The summed E-state index contributed by atoms with van der Waals surface area (Å²) in [6, 6.07) is 0. The van der Waals surface area contributed by atoms with Gasteiger partial charge in [0.05, 0.1) is 36.3 Å². The normalized spacial score (nSPS) is 50.1. The van der Waals surface area contributed by atoms with E-state index in [1.165, 1.54) is 0 Å². The van der Waals surface area contributed by atoms with Crippen molar-refractivity contribution in [3.05, 3.63) is 0 Å². The number of esters is 1. The van der Waals surface area contributed by atoms with Crippen LogP contribution in [-0.4, -0.2) is 99.3 Å². The third-order valence-corrected chi connectivity index (χ3v) is 22.4. The number of aliphatic hydroxyl groups is 5. The monoisotopic (exact) mass is 906 g/mol. The van der Waals surface area contributed by atoms with Crippen molar-refractivity contribution < 1.29 is 52.8 Å². The van der Waals surface area contributed by atoms with Crippen molar-refractivity contribution in [3.63, 3.8) is 0 Å². The highest BCUT2D eigenvalue weighted by Gasteiger charge is 2.67. The van der Waals surface area contributed by atoms with E-state index in [1.807, 2.05) is 0 Å². The van der Waals surface area contributed by atoms with Gasteiger partial charge in [0.2, 0.25) is 5.91 Å². The molecule has 0 spiro atoms. The van der Waals surface area contributed by atoms with Crippen LogP contribution in [0.1, 0.15) is 157 Å². The molecule has 360 valence electrons. The zero-order chi connectivity index (χ0) is 45.6. The second kappa shape index (κ2) is 17.6. The van der Waals surface area contributed by atoms with Crippen LogP contribution in [0.5, 0.6) is 0 Å². The van der Waals surface area contributed by atoms with E-state index in [9.17, 15) is 43.5 Å². The van der Waals surface area contributed by atoms with Gasteiger partial charge in [0.25, 0.3) is 10.1 Å². The summed E-state index contributed by atoms with van der Waals surface area (Å²) in [7, 11) is -4.14. The van der Waals surface area contributed by atoms with Gasteiger partial charge in [-0.1, -0.05) is 41.5 Å². The average Bonchev–Trinajstić information content (AvgIpc) is 3.76. The molecule has 12 nitrogen and oxygen atoms in total. The van der Waals surface area contributed by atoms with Gasteiger partial charge in [-0.3, -0.25) is 14.1 Å². The van der Waals surface area contributed by atoms with Crippen LogP contribution < -0.4 is 5.32 Å². The van der Waals surface area contributed by atoms with Crippen LogP contribution in [0.15, 0.2) is 0 Å². The number of rotatable bonds is 12. The number of hydrogen-bond donors (Lipinski definition) is 7. The molecule has 8 aliphatic rings. The number of hydrogen-bond acceptors (Lipinski definition) is 10. The molecule has 2 unspecified atom stereocenters. The molecule has 1 amide bonds. The zero-order valence-corrected chi connectivity index (χ0v) is 40.0. The molecule has 0 aromatic carbocycles. The van der Waals surface area contributed by atoms with Crippen LogP contribution in [0, 0.1) is 92.7 Å². The van der Waals surface area contributed by atoms with Crippen molar-refractivity contribution >= 4 is 22.0 Å². The first-order valence-electron chi connectivity index (χ1n) is 25.3. The van der Waals surface area contributed by atoms with Gasteiger partial charge in [-0.05, 0) is 195 Å². The summed E-state index contributed by atoms with van der Waals surface area (Å²) in [5.74, 6) is 1.43. The van der Waals surface area contributed by atoms with Crippen molar-refractivity contribution in [1.29, 1.82) is 0 Å². The Morgan fingerprint density at radius 3 is 1.67 bits per heavy atom. The fourth-order valence-corrected chi connectivity index (χ4v) is 18.5. The Hall–Kier alpha value is -1.35. The molecular weight excluding hydrogens is 823 g/mol. The second-order valence-corrected chi connectivity index (χ2v) is 25.7. The zero-order valence-electron chi connectivity index (χ0n) is 39.2. The van der Waals surface area contributed by atoms with Crippen LogP contribution in [-0.2, 0) is 24.4 Å². The Morgan fingerprint density at radius 2 is 1.14 bits per heavy atom. The molecule has 7 N–H and O–H groups in total. The van der Waals surface area contributed by atoms with E-state index in [1.54, 1.807) is 0 Å². The van der Waals surface area contributed by atoms with Crippen molar-refractivity contribution in [2.75, 3.05) is 12.3 Å². The lowest BCUT2D eigenvalue weighted by atomic mass is 9.43. The fraction of sp³-hybridized carbons (Fsp3) is 0.960. The molecule has 8 fully saturated rings. The molecule has 0 bridgehead atoms. The quantitative estimate of drug-likeness (QED) is 0.0854. The molecule has 8 aliphatic carbocycles. The fourth-order valence-electron chi connectivity index (χ4n) is 18.1. The SMILES string of the molecule is C[C@H](CCC(=O)O[C@@H]1CC[C@@]2(C)[C@@H](C1)C[C@H](O)[C@@H]1[C@@H]2C[C@H](O)[C@]2(C)C([C@H](C)CCC(=O)NCCS(=O)(=O)O)CC[C@@H]12)C1CC[C@H]2[C@@H]3[C@H](O)C[C@@H]4C[C@H](O)CC[C@]4(C)[C@H]3C[C@H](O)[C@]12C. The van der Waals surface area contributed by atoms with Gasteiger partial charge in [-0.2, -0.15) is 8.42 Å². The minimum atomic E-state index is -4.14. The Bertz CT molecular complexity index is 1800. The maximum absolute atomic E-state index is 13.6. The number of carbonyl (C=O) groups excluding carboxylic acids is 2. The summed E-state index contributed by atoms with van der Waals surface area (Å²) in [4.78, 5) is 26.1. The van der Waals surface area contributed by atoms with Gasteiger partial charge in [0.15, 0.2) is 0 Å². The van der Waals surface area contributed by atoms with Crippen LogP contribution in [0.2, 0.25) is 0 Å². The van der Waals surface area contributed by atoms with Gasteiger partial charge in [0, 0.05) is 19.4 Å². The minimum Gasteiger partial charge on any atom is -0.462 e. The number of ether oxygens (including phenoxy) is 1. The first kappa shape index (κ1) is 48.1. The number of carbonyl (C=O) groups is 2. The van der Waals surface area contributed by atoms with Gasteiger partial charge in [0.1, 0.15) is 6.10 Å². The summed E-state index contributed by atoms with van der Waals surface area (Å²) in [6.45, 7) is 13.4. The smallest absolute Gasteiger partial charge is 0.306 e. The molecule has 0 heterocycles. The highest BCUT2D eigenvalue weighted by molar-refractivity contribution is 7.85. The molecule has 0 aromatic heterocycles. The molecule has 0 radical (unpaired) electrons. The molecule has 0 aromatic rings. The highest BCUT2D eigenvalue weighted by atomic mass is 32.2. The first-order valence-corrected chi connectivity index (χ1v) is 26.9. The summed E-state index contributed by atoms with van der Waals surface area (Å²) < 4.78 is 37.3. The Kier molecular flexibility index (Phi) is 13.5. The van der Waals surface area contributed by atoms with Gasteiger partial charge < -0.3 is 35.6 Å². The predicted molar refractivity (Wildman–Crippen MR) is 238 cm³/mol. The van der Waals surface area contributed by atoms with Crippen LogP contribution in [0.3, 0.4) is 0 Å². The van der Waals surface area contributed by atoms with Crippen LogP contribution >= 0.6 is 0 Å². The largest absolute Gasteiger partial charge is 0.462 e. The number of amides is 1. The molecule has 0 saturated heterocycles. The van der Waals surface area contributed by atoms with Gasteiger partial charge in [-0.25, -0.2) is 0 Å². The summed E-state index contributed by atoms with van der Waals surface area (Å²) in [5, 5.41) is 60.9. The lowest BCUT2D eigenvalue weighted by Crippen LogP contribution is -2.62. The van der Waals surface area contributed by atoms with E-state index in [0.29, 0.717) is 44.4 Å². The lowest BCUT2D eigenvalue weighted by molar-refractivity contribution is -0.209. The predicted octanol–water partition coefficient (Wildman–Crippen LogP) is 6.30. The van der Waals surface area contributed by atoms with Crippen LogP contribution in [0.4, 0.5) is 0 Å². The molecular formula is C50H83NO11S. The summed E-state index contributed by atoms with van der Waals surface area (Å²) in [6.07, 6.45) is 11.0. The molecule has 0 aliphatic heterocycles. The molecule has 13 heteroatoms. The highest BCUT2D eigenvalue weighted by Crippen LogP contribution is 2.70. The topological polar surface area (TPSA) is 211 Å². The van der Waals surface area contributed by atoms with E-state index in [4.69, 9.17) is 9.29 Å². The molecule has 8 saturated carbocycles. The molecule has 63 heavy (non-hydrogen) atoms. The maximum Gasteiger partial charge on any atom is 0.306 e. The first-order chi connectivity index (χ1) is 29.5.